The van der Waals surface area contributed by atoms with Crippen LogP contribution < -0.4 is 5.32 Å². The quantitative estimate of drug-likeness (QED) is 0.777. The maximum Gasteiger partial charge on any atom is 0.413 e. The predicted molar refractivity (Wildman–Crippen MR) is 75.1 cm³/mol. The van der Waals surface area contributed by atoms with Crippen LogP contribution >= 0.6 is 0 Å². The van der Waals surface area contributed by atoms with E-state index in [1.807, 2.05) is 0 Å². The third-order valence-electron chi connectivity index (χ3n) is 2.72. The summed E-state index contributed by atoms with van der Waals surface area (Å²) in [5.74, 6) is -5.53. The number of alkyl halides is 2. The number of esters is 1. The molecule has 0 heterocycles. The number of ether oxygens (including phenoxy) is 2. The highest BCUT2D eigenvalue weighted by Crippen LogP contribution is 2.19. The second-order valence-electron chi connectivity index (χ2n) is 4.36. The first-order chi connectivity index (χ1) is 11.1. The van der Waals surface area contributed by atoms with Gasteiger partial charge in [0.2, 0.25) is 9.84 Å². The molecule has 0 saturated carbocycles. The Labute approximate surface area is 135 Å². The van der Waals surface area contributed by atoms with Gasteiger partial charge < -0.3 is 9.47 Å². The Hall–Kier alpha value is -2.56. The summed E-state index contributed by atoms with van der Waals surface area (Å²) in [6, 6.07) is 3.56. The maximum absolute atomic E-state index is 12.4. The molecule has 2 amide bonds. The van der Waals surface area contributed by atoms with Crippen molar-refractivity contribution in [3.8, 4) is 0 Å². The molecule has 0 saturated heterocycles. The van der Waals surface area contributed by atoms with Crippen molar-refractivity contribution in [1.82, 2.24) is 5.32 Å². The van der Waals surface area contributed by atoms with Crippen LogP contribution in [0.2, 0.25) is 0 Å². The molecule has 0 aliphatic carbocycles. The van der Waals surface area contributed by atoms with Gasteiger partial charge in [0.15, 0.2) is 6.10 Å². The molecule has 0 spiro atoms. The highest BCUT2D eigenvalue weighted by atomic mass is 32.2. The van der Waals surface area contributed by atoms with Gasteiger partial charge in [-0.25, -0.2) is 18.0 Å². The summed E-state index contributed by atoms with van der Waals surface area (Å²) in [5.41, 5.74) is -0.166. The Morgan fingerprint density at radius 2 is 1.67 bits per heavy atom. The highest BCUT2D eigenvalue weighted by Gasteiger charge is 2.27. The van der Waals surface area contributed by atoms with Crippen LogP contribution in [-0.4, -0.2) is 45.4 Å². The van der Waals surface area contributed by atoms with Crippen LogP contribution in [0.15, 0.2) is 29.2 Å². The fourth-order valence-electron chi connectivity index (χ4n) is 1.42. The molecule has 24 heavy (non-hydrogen) atoms. The van der Waals surface area contributed by atoms with E-state index in [4.69, 9.17) is 4.74 Å². The average Bonchev–Trinajstić information content (AvgIpc) is 2.54. The van der Waals surface area contributed by atoms with Gasteiger partial charge in [-0.15, -0.1) is 0 Å². The molecule has 1 aromatic carbocycles. The molecule has 0 unspecified atom stereocenters. The number of hydrogen-bond acceptors (Lipinski definition) is 7. The van der Waals surface area contributed by atoms with Crippen molar-refractivity contribution in [1.29, 1.82) is 0 Å². The van der Waals surface area contributed by atoms with Crippen LogP contribution in [0.4, 0.5) is 13.6 Å². The lowest BCUT2D eigenvalue weighted by Crippen LogP contribution is -2.39. The van der Waals surface area contributed by atoms with Crippen molar-refractivity contribution in [2.24, 2.45) is 0 Å². The molecular formula is C13H13F2NO7S. The number of halogens is 2. The highest BCUT2D eigenvalue weighted by molar-refractivity contribution is 7.91. The molecule has 8 nitrogen and oxygen atoms in total. The van der Waals surface area contributed by atoms with E-state index in [2.05, 4.69) is 4.74 Å². The molecule has 1 N–H and O–H groups in total. The second-order valence-corrected chi connectivity index (χ2v) is 6.28. The van der Waals surface area contributed by atoms with E-state index in [-0.39, 0.29) is 5.56 Å². The summed E-state index contributed by atoms with van der Waals surface area (Å²) in [6.45, 7) is 1.19. The Morgan fingerprint density at radius 3 is 2.12 bits per heavy atom. The van der Waals surface area contributed by atoms with Crippen molar-refractivity contribution in [3.05, 3.63) is 29.8 Å². The topological polar surface area (TPSA) is 116 Å². The number of sulfone groups is 1. The maximum atomic E-state index is 12.4. The number of carbonyl (C=O) groups excluding carboxylic acids is 3. The van der Waals surface area contributed by atoms with Crippen molar-refractivity contribution in [2.45, 2.75) is 23.7 Å². The minimum Gasteiger partial charge on any atom is -0.453 e. The fourth-order valence-corrected chi connectivity index (χ4v) is 2.14. The summed E-state index contributed by atoms with van der Waals surface area (Å²) in [6.07, 6.45) is -2.38. The van der Waals surface area contributed by atoms with E-state index in [0.717, 1.165) is 31.4 Å². The van der Waals surface area contributed by atoms with Gasteiger partial charge in [-0.05, 0) is 31.2 Å². The summed E-state index contributed by atoms with van der Waals surface area (Å²) in [4.78, 5) is 33.5. The first-order valence-corrected chi connectivity index (χ1v) is 7.86. The number of nitrogens with one attached hydrogen (secondary N) is 1. The lowest BCUT2D eigenvalue weighted by atomic mass is 10.2. The molecule has 0 bridgehead atoms. The number of amides is 2. The minimum atomic E-state index is -4.77. The molecule has 0 aliphatic heterocycles. The molecule has 0 aromatic heterocycles. The van der Waals surface area contributed by atoms with Crippen LogP contribution in [-0.2, 0) is 24.1 Å². The van der Waals surface area contributed by atoms with Gasteiger partial charge in [0.25, 0.3) is 5.91 Å². The number of imide groups is 1. The largest absolute Gasteiger partial charge is 0.453 e. The van der Waals surface area contributed by atoms with Gasteiger partial charge >= 0.3 is 17.8 Å². The van der Waals surface area contributed by atoms with Gasteiger partial charge in [0.1, 0.15) is 0 Å². The summed E-state index contributed by atoms with van der Waals surface area (Å²) < 4.78 is 56.2. The zero-order chi connectivity index (χ0) is 18.5. The first-order valence-electron chi connectivity index (χ1n) is 6.31. The third kappa shape index (κ3) is 4.72. The third-order valence-corrected chi connectivity index (χ3v) is 4.12. The molecular weight excluding hydrogens is 352 g/mol. The fraction of sp³-hybridized carbons (Fsp3) is 0.308. The molecule has 132 valence electrons. The number of alkyl carbamates (subject to hydrolysis) is 1. The summed E-state index contributed by atoms with van der Waals surface area (Å²) in [5, 5.41) is 1.79. The van der Waals surface area contributed by atoms with E-state index in [1.54, 1.807) is 5.32 Å². The second kappa shape index (κ2) is 7.81. The van der Waals surface area contributed by atoms with E-state index < -0.39 is 44.6 Å². The van der Waals surface area contributed by atoms with Gasteiger partial charge in [-0.3, -0.25) is 10.1 Å². The monoisotopic (exact) mass is 365 g/mol. The van der Waals surface area contributed by atoms with Crippen LogP contribution in [0.3, 0.4) is 0 Å². The van der Waals surface area contributed by atoms with E-state index >= 15 is 0 Å². The zero-order valence-electron chi connectivity index (χ0n) is 12.5. The Balaban J connectivity index is 2.79. The van der Waals surface area contributed by atoms with Crippen molar-refractivity contribution >= 4 is 27.8 Å². The smallest absolute Gasteiger partial charge is 0.413 e. The normalized spacial score (nSPS) is 12.4. The van der Waals surface area contributed by atoms with E-state index in [9.17, 15) is 31.6 Å². The van der Waals surface area contributed by atoms with Crippen molar-refractivity contribution in [3.63, 3.8) is 0 Å². The lowest BCUT2D eigenvalue weighted by molar-refractivity contribution is -0.128. The zero-order valence-corrected chi connectivity index (χ0v) is 13.3. The average molecular weight is 365 g/mol. The van der Waals surface area contributed by atoms with Crippen LogP contribution in [0.1, 0.15) is 17.3 Å². The van der Waals surface area contributed by atoms with Gasteiger partial charge in [-0.1, -0.05) is 0 Å². The SMILES string of the molecule is COC(=O)NC(=O)[C@@H](C)OC(=O)c1ccc(S(=O)(=O)C(F)F)cc1. The van der Waals surface area contributed by atoms with Crippen molar-refractivity contribution < 1.29 is 41.1 Å². The van der Waals surface area contributed by atoms with E-state index in [1.165, 1.54) is 6.92 Å². The van der Waals surface area contributed by atoms with Crippen LogP contribution in [0.25, 0.3) is 0 Å². The van der Waals surface area contributed by atoms with Gasteiger partial charge in [-0.2, -0.15) is 8.78 Å². The Morgan fingerprint density at radius 1 is 1.12 bits per heavy atom. The van der Waals surface area contributed by atoms with Crippen LogP contribution in [0.5, 0.6) is 0 Å². The standard InChI is InChI=1S/C13H13F2NO7S/c1-7(10(17)16-13(19)22-2)23-11(18)8-3-5-9(6-4-8)24(20,21)12(14)15/h3-7,12H,1-2H3,(H,16,17,19)/t7-/m1/s1. The molecule has 0 radical (unpaired) electrons. The van der Waals surface area contributed by atoms with Gasteiger partial charge in [0, 0.05) is 0 Å². The molecule has 1 atom stereocenters. The number of carbonyl (C=O) groups is 3. The summed E-state index contributed by atoms with van der Waals surface area (Å²) >= 11 is 0. The molecule has 1 aromatic rings. The predicted octanol–water partition coefficient (Wildman–Crippen LogP) is 1.11. The molecule has 11 heteroatoms. The summed E-state index contributed by atoms with van der Waals surface area (Å²) in [7, 11) is -3.74. The van der Waals surface area contributed by atoms with Crippen LogP contribution in [0, 0.1) is 0 Å². The number of rotatable bonds is 5. The minimum absolute atomic E-state index is 0.166. The number of hydrogen-bond donors (Lipinski definition) is 1. The molecule has 0 fully saturated rings. The number of methoxy groups -OCH3 is 1. The van der Waals surface area contributed by atoms with E-state index in [0.29, 0.717) is 0 Å². The lowest BCUT2D eigenvalue weighted by Gasteiger charge is -2.12. The van der Waals surface area contributed by atoms with Gasteiger partial charge in [0.05, 0.1) is 17.6 Å². The van der Waals surface area contributed by atoms with Crippen molar-refractivity contribution in [2.75, 3.05) is 7.11 Å². The first kappa shape index (κ1) is 19.5. The Kier molecular flexibility index (Phi) is 6.35. The number of benzene rings is 1. The molecule has 0 aliphatic rings. The Bertz CT molecular complexity index is 731. The molecule has 1 rings (SSSR count).